The third-order valence-corrected chi connectivity index (χ3v) is 3.82. The highest BCUT2D eigenvalue weighted by Gasteiger charge is 2.39. The fourth-order valence-corrected chi connectivity index (χ4v) is 2.51. The summed E-state index contributed by atoms with van der Waals surface area (Å²) in [7, 11) is 0. The number of carbonyl (C=O) groups excluding carboxylic acids is 2. The number of nitrogens with zero attached hydrogens (tertiary/aromatic N) is 2. The quantitative estimate of drug-likeness (QED) is 0.790. The number of carbonyl (C=O) groups is 2. The Morgan fingerprint density at radius 1 is 1.41 bits per heavy atom. The molecule has 2 N–H and O–H groups in total. The molecular formula is C16H16N4O2. The van der Waals surface area contributed by atoms with Crippen LogP contribution in [0.15, 0.2) is 28.4 Å². The molecule has 0 saturated heterocycles. The van der Waals surface area contributed by atoms with E-state index < -0.39 is 5.66 Å². The van der Waals surface area contributed by atoms with E-state index >= 15 is 0 Å². The summed E-state index contributed by atoms with van der Waals surface area (Å²) < 4.78 is 0. The summed E-state index contributed by atoms with van der Waals surface area (Å²) in [5, 5.41) is 13.6. The zero-order valence-corrected chi connectivity index (χ0v) is 12.1. The van der Waals surface area contributed by atoms with Crippen molar-refractivity contribution in [1.82, 2.24) is 0 Å². The van der Waals surface area contributed by atoms with Gasteiger partial charge >= 0.3 is 0 Å². The Balaban J connectivity index is 1.52. The van der Waals surface area contributed by atoms with Crippen LogP contribution in [0.2, 0.25) is 0 Å². The summed E-state index contributed by atoms with van der Waals surface area (Å²) in [6, 6.07) is 5.41. The molecule has 2 aliphatic rings. The highest BCUT2D eigenvalue weighted by atomic mass is 16.2. The highest BCUT2D eigenvalue weighted by molar-refractivity contribution is 6.00. The topological polar surface area (TPSA) is 82.9 Å². The molecule has 1 aromatic carbocycles. The average molecular weight is 296 g/mol. The van der Waals surface area contributed by atoms with Crippen molar-refractivity contribution in [2.75, 3.05) is 10.6 Å². The Bertz CT molecular complexity index is 697. The Hall–Kier alpha value is -2.68. The molecule has 0 aromatic heterocycles. The van der Waals surface area contributed by atoms with E-state index in [4.69, 9.17) is 6.42 Å². The summed E-state index contributed by atoms with van der Waals surface area (Å²) in [4.78, 5) is 23.3. The first-order valence-corrected chi connectivity index (χ1v) is 7.20. The van der Waals surface area contributed by atoms with Crippen LogP contribution in [0, 0.1) is 12.3 Å². The SMILES string of the molecule is C#CCCC1(CCC(=O)Nc2ccc3c(c2)CC(=O)N3)N=N1. The molecule has 0 bridgehead atoms. The van der Waals surface area contributed by atoms with Crippen molar-refractivity contribution in [3.8, 4) is 12.3 Å². The van der Waals surface area contributed by atoms with E-state index in [9.17, 15) is 9.59 Å². The van der Waals surface area contributed by atoms with Crippen LogP contribution in [-0.4, -0.2) is 17.5 Å². The number of hydrogen-bond donors (Lipinski definition) is 2. The molecule has 3 rings (SSSR count). The van der Waals surface area contributed by atoms with E-state index in [-0.39, 0.29) is 11.8 Å². The molecule has 0 aliphatic carbocycles. The molecule has 0 saturated carbocycles. The second-order valence-corrected chi connectivity index (χ2v) is 5.53. The third-order valence-electron chi connectivity index (χ3n) is 3.82. The number of anilines is 2. The van der Waals surface area contributed by atoms with Crippen molar-refractivity contribution < 1.29 is 9.59 Å². The summed E-state index contributed by atoms with van der Waals surface area (Å²) in [6.45, 7) is 0. The van der Waals surface area contributed by atoms with Gasteiger partial charge in [-0.1, -0.05) is 0 Å². The molecule has 2 amide bonds. The molecule has 6 heteroatoms. The van der Waals surface area contributed by atoms with Crippen molar-refractivity contribution in [1.29, 1.82) is 0 Å². The zero-order valence-electron chi connectivity index (χ0n) is 12.1. The minimum atomic E-state index is -0.433. The van der Waals surface area contributed by atoms with Gasteiger partial charge in [0.1, 0.15) is 0 Å². The fraction of sp³-hybridized carbons (Fsp3) is 0.375. The Morgan fingerprint density at radius 3 is 2.95 bits per heavy atom. The van der Waals surface area contributed by atoms with E-state index in [0.717, 1.165) is 11.3 Å². The van der Waals surface area contributed by atoms with Gasteiger partial charge in [0, 0.05) is 37.1 Å². The molecule has 1 aromatic rings. The van der Waals surface area contributed by atoms with Crippen molar-refractivity contribution in [2.45, 2.75) is 37.8 Å². The molecule has 112 valence electrons. The molecule has 0 unspecified atom stereocenters. The first kappa shape index (κ1) is 14.3. The monoisotopic (exact) mass is 296 g/mol. The number of benzene rings is 1. The maximum absolute atomic E-state index is 12.0. The lowest BCUT2D eigenvalue weighted by atomic mass is 10.0. The van der Waals surface area contributed by atoms with E-state index in [1.807, 2.05) is 6.07 Å². The van der Waals surface area contributed by atoms with Gasteiger partial charge in [-0.2, -0.15) is 10.2 Å². The van der Waals surface area contributed by atoms with Crippen LogP contribution < -0.4 is 10.6 Å². The van der Waals surface area contributed by atoms with Gasteiger partial charge < -0.3 is 10.6 Å². The van der Waals surface area contributed by atoms with Crippen LogP contribution in [0.25, 0.3) is 0 Å². The molecular weight excluding hydrogens is 280 g/mol. The Kier molecular flexibility index (Phi) is 3.63. The van der Waals surface area contributed by atoms with Crippen LogP contribution in [0.1, 0.15) is 31.2 Å². The van der Waals surface area contributed by atoms with Crippen molar-refractivity contribution in [3.63, 3.8) is 0 Å². The van der Waals surface area contributed by atoms with Crippen LogP contribution in [0.4, 0.5) is 11.4 Å². The average Bonchev–Trinajstić information content (AvgIpc) is 3.17. The van der Waals surface area contributed by atoms with Gasteiger partial charge in [0.05, 0.1) is 6.42 Å². The molecule has 0 radical (unpaired) electrons. The lowest BCUT2D eigenvalue weighted by molar-refractivity contribution is -0.116. The van der Waals surface area contributed by atoms with Gasteiger partial charge in [-0.25, -0.2) is 0 Å². The van der Waals surface area contributed by atoms with Crippen molar-refractivity contribution in [3.05, 3.63) is 23.8 Å². The van der Waals surface area contributed by atoms with Gasteiger partial charge in [0.15, 0.2) is 5.66 Å². The first-order valence-electron chi connectivity index (χ1n) is 7.20. The maximum atomic E-state index is 12.0. The van der Waals surface area contributed by atoms with Gasteiger partial charge in [0.25, 0.3) is 0 Å². The van der Waals surface area contributed by atoms with Crippen LogP contribution >= 0.6 is 0 Å². The standard InChI is InChI=1S/C16H16N4O2/c1-2-3-7-16(19-20-16)8-6-14(21)17-12-4-5-13-11(9-12)10-15(22)18-13/h1,4-5,9H,3,6-8,10H2,(H,17,21)(H,18,22). The zero-order chi connectivity index (χ0) is 15.6. The number of terminal acetylenes is 1. The molecule has 2 heterocycles. The molecule has 22 heavy (non-hydrogen) atoms. The Morgan fingerprint density at radius 2 is 2.23 bits per heavy atom. The first-order chi connectivity index (χ1) is 10.6. The summed E-state index contributed by atoms with van der Waals surface area (Å²) in [5.41, 5.74) is 1.98. The minimum Gasteiger partial charge on any atom is -0.326 e. The fourth-order valence-electron chi connectivity index (χ4n) is 2.51. The normalized spacial score (nSPS) is 16.6. The van der Waals surface area contributed by atoms with Crippen LogP contribution in [0.3, 0.4) is 0 Å². The lowest BCUT2D eigenvalue weighted by Gasteiger charge is -2.10. The number of nitrogens with one attached hydrogen (secondary N) is 2. The second-order valence-electron chi connectivity index (χ2n) is 5.53. The van der Waals surface area contributed by atoms with Crippen molar-refractivity contribution >= 4 is 23.2 Å². The molecule has 2 aliphatic heterocycles. The van der Waals surface area contributed by atoms with Gasteiger partial charge in [-0.3, -0.25) is 9.59 Å². The Labute approximate surface area is 128 Å². The van der Waals surface area contributed by atoms with Crippen LogP contribution in [0.5, 0.6) is 0 Å². The third kappa shape index (κ3) is 3.14. The molecule has 6 nitrogen and oxygen atoms in total. The summed E-state index contributed by atoms with van der Waals surface area (Å²) >= 11 is 0. The van der Waals surface area contributed by atoms with E-state index in [1.54, 1.807) is 12.1 Å². The van der Waals surface area contributed by atoms with Gasteiger partial charge in [-0.05, 0) is 23.8 Å². The summed E-state index contributed by atoms with van der Waals surface area (Å²) in [6.07, 6.45) is 7.81. The molecule has 0 spiro atoms. The van der Waals surface area contributed by atoms with E-state index in [1.165, 1.54) is 0 Å². The number of fused-ring (bicyclic) bond motifs is 1. The molecule has 0 fully saturated rings. The lowest BCUT2D eigenvalue weighted by Crippen LogP contribution is -2.17. The smallest absolute Gasteiger partial charge is 0.228 e. The molecule has 0 atom stereocenters. The number of rotatable bonds is 6. The van der Waals surface area contributed by atoms with E-state index in [0.29, 0.717) is 37.8 Å². The highest BCUT2D eigenvalue weighted by Crippen LogP contribution is 2.37. The number of amides is 2. The predicted octanol–water partition coefficient (Wildman–Crippen LogP) is 2.48. The largest absolute Gasteiger partial charge is 0.326 e. The van der Waals surface area contributed by atoms with Gasteiger partial charge in [0.2, 0.25) is 11.8 Å². The summed E-state index contributed by atoms with van der Waals surface area (Å²) in [5.74, 6) is 2.45. The van der Waals surface area contributed by atoms with E-state index in [2.05, 4.69) is 26.8 Å². The maximum Gasteiger partial charge on any atom is 0.228 e. The van der Waals surface area contributed by atoms with Gasteiger partial charge in [-0.15, -0.1) is 12.3 Å². The minimum absolute atomic E-state index is 0.0223. The van der Waals surface area contributed by atoms with Crippen molar-refractivity contribution in [2.24, 2.45) is 10.2 Å². The van der Waals surface area contributed by atoms with Crippen LogP contribution in [-0.2, 0) is 16.0 Å². The predicted molar refractivity (Wildman–Crippen MR) is 82.3 cm³/mol. The second kappa shape index (κ2) is 5.60. The number of hydrogen-bond acceptors (Lipinski definition) is 4.